The van der Waals surface area contributed by atoms with Crippen molar-refractivity contribution >= 4 is 5.71 Å². The largest absolute Gasteiger partial charge is 0.464 e. The number of aromatic nitrogens is 1. The second-order valence-corrected chi connectivity index (χ2v) is 7.00. The molecule has 0 bridgehead atoms. The number of hydrogen-bond donors (Lipinski definition) is 0. The third kappa shape index (κ3) is 2.34. The first kappa shape index (κ1) is 15.5. The van der Waals surface area contributed by atoms with Crippen molar-refractivity contribution in [2.75, 3.05) is 6.79 Å². The standard InChI is InChI=1S/C22H17N3O3/c1-2-4-19-16(3-1)18-12-17(15-5-6-20-21(11-15)27-13-26-20)24-25(18)22(28-19)14-7-9-23-10-8-14/h1-11,18,22H,12-13H2/t18-,22-/m1/s1. The number of pyridine rings is 1. The normalized spacial score (nSPS) is 21.6. The summed E-state index contributed by atoms with van der Waals surface area (Å²) in [6.07, 6.45) is 4.09. The average molecular weight is 371 g/mol. The average Bonchev–Trinajstić information content (AvgIpc) is 3.40. The summed E-state index contributed by atoms with van der Waals surface area (Å²) in [6.45, 7) is 0.269. The summed E-state index contributed by atoms with van der Waals surface area (Å²) in [5, 5.41) is 7.04. The third-order valence-electron chi connectivity index (χ3n) is 5.40. The molecule has 28 heavy (non-hydrogen) atoms. The lowest BCUT2D eigenvalue weighted by Gasteiger charge is -2.38. The van der Waals surface area contributed by atoms with E-state index < -0.39 is 0 Å². The Morgan fingerprint density at radius 2 is 1.75 bits per heavy atom. The summed E-state index contributed by atoms with van der Waals surface area (Å²) >= 11 is 0. The van der Waals surface area contributed by atoms with E-state index in [1.807, 2.05) is 48.5 Å². The van der Waals surface area contributed by atoms with Gasteiger partial charge in [0, 0.05) is 35.5 Å². The molecule has 1 aromatic heterocycles. The zero-order valence-corrected chi connectivity index (χ0v) is 15.0. The van der Waals surface area contributed by atoms with Gasteiger partial charge in [0.05, 0.1) is 11.8 Å². The van der Waals surface area contributed by atoms with Gasteiger partial charge in [-0.3, -0.25) is 4.98 Å². The van der Waals surface area contributed by atoms with E-state index in [2.05, 4.69) is 16.1 Å². The van der Waals surface area contributed by atoms with Crippen LogP contribution in [0, 0.1) is 0 Å². The highest BCUT2D eigenvalue weighted by atomic mass is 16.7. The van der Waals surface area contributed by atoms with Crippen LogP contribution in [0.4, 0.5) is 0 Å². The van der Waals surface area contributed by atoms with Crippen LogP contribution in [-0.4, -0.2) is 22.5 Å². The van der Waals surface area contributed by atoms with Crippen molar-refractivity contribution in [3.8, 4) is 17.2 Å². The molecule has 0 radical (unpaired) electrons. The van der Waals surface area contributed by atoms with E-state index in [0.717, 1.165) is 46.1 Å². The van der Waals surface area contributed by atoms with Crippen molar-refractivity contribution in [3.05, 3.63) is 83.7 Å². The molecule has 0 saturated carbocycles. The number of rotatable bonds is 2. The minimum Gasteiger partial charge on any atom is -0.464 e. The Morgan fingerprint density at radius 3 is 2.68 bits per heavy atom. The molecule has 3 aromatic rings. The summed E-state index contributed by atoms with van der Waals surface area (Å²) in [4.78, 5) is 4.13. The maximum Gasteiger partial charge on any atom is 0.231 e. The predicted molar refractivity (Wildman–Crippen MR) is 102 cm³/mol. The molecule has 0 fully saturated rings. The van der Waals surface area contributed by atoms with Crippen LogP contribution in [0.2, 0.25) is 0 Å². The van der Waals surface area contributed by atoms with E-state index in [0.29, 0.717) is 0 Å². The molecule has 138 valence electrons. The van der Waals surface area contributed by atoms with Gasteiger partial charge in [-0.15, -0.1) is 0 Å². The number of hydrogen-bond acceptors (Lipinski definition) is 6. The first-order valence-corrected chi connectivity index (χ1v) is 9.28. The van der Waals surface area contributed by atoms with Gasteiger partial charge in [0.1, 0.15) is 5.75 Å². The summed E-state index contributed by atoms with van der Waals surface area (Å²) < 4.78 is 17.3. The molecule has 0 aliphatic carbocycles. The lowest BCUT2D eigenvalue weighted by atomic mass is 9.96. The smallest absolute Gasteiger partial charge is 0.231 e. The number of para-hydroxylation sites is 1. The zero-order chi connectivity index (χ0) is 18.5. The summed E-state index contributed by atoms with van der Waals surface area (Å²) in [5.74, 6) is 2.46. The highest BCUT2D eigenvalue weighted by Crippen LogP contribution is 2.47. The number of ether oxygens (including phenoxy) is 3. The molecule has 4 heterocycles. The SMILES string of the molecule is c1ccc2c(c1)O[C@H](c1ccncc1)N1N=C(c3ccc4c(c3)OCO4)C[C@H]21. The van der Waals surface area contributed by atoms with Crippen molar-refractivity contribution < 1.29 is 14.2 Å². The van der Waals surface area contributed by atoms with Crippen molar-refractivity contribution in [2.24, 2.45) is 5.10 Å². The Bertz CT molecular complexity index is 1080. The second-order valence-electron chi connectivity index (χ2n) is 7.00. The molecule has 2 atom stereocenters. The van der Waals surface area contributed by atoms with E-state index in [4.69, 9.17) is 19.3 Å². The van der Waals surface area contributed by atoms with Crippen LogP contribution in [0.1, 0.15) is 35.4 Å². The molecule has 0 amide bonds. The Balaban J connectivity index is 1.43. The molecule has 3 aliphatic rings. The van der Waals surface area contributed by atoms with E-state index in [-0.39, 0.29) is 19.1 Å². The van der Waals surface area contributed by atoms with Crippen LogP contribution in [0.15, 0.2) is 72.1 Å². The van der Waals surface area contributed by atoms with Crippen LogP contribution < -0.4 is 14.2 Å². The molecule has 2 aromatic carbocycles. The van der Waals surface area contributed by atoms with Gasteiger partial charge in [0.15, 0.2) is 11.5 Å². The molecular formula is C22H17N3O3. The summed E-state index contributed by atoms with van der Waals surface area (Å²) in [5.41, 5.74) is 4.25. The van der Waals surface area contributed by atoms with E-state index in [1.165, 1.54) is 0 Å². The van der Waals surface area contributed by atoms with Gasteiger partial charge in [-0.2, -0.15) is 5.10 Å². The molecule has 6 heteroatoms. The lowest BCUT2D eigenvalue weighted by molar-refractivity contribution is -0.0190. The first-order chi connectivity index (χ1) is 13.9. The molecule has 6 nitrogen and oxygen atoms in total. The number of fused-ring (bicyclic) bond motifs is 4. The molecule has 6 rings (SSSR count). The van der Waals surface area contributed by atoms with Gasteiger partial charge in [-0.25, -0.2) is 5.01 Å². The number of benzene rings is 2. The Morgan fingerprint density at radius 1 is 0.893 bits per heavy atom. The minimum absolute atomic E-state index is 0.128. The molecule has 0 unspecified atom stereocenters. The predicted octanol–water partition coefficient (Wildman–Crippen LogP) is 4.05. The fraction of sp³-hybridized carbons (Fsp3) is 0.182. The molecular weight excluding hydrogens is 354 g/mol. The van der Waals surface area contributed by atoms with Gasteiger partial charge in [-0.1, -0.05) is 18.2 Å². The van der Waals surface area contributed by atoms with Gasteiger partial charge in [-0.05, 0) is 36.4 Å². The van der Waals surface area contributed by atoms with Crippen molar-refractivity contribution in [1.29, 1.82) is 0 Å². The fourth-order valence-electron chi connectivity index (χ4n) is 4.03. The highest BCUT2D eigenvalue weighted by molar-refractivity contribution is 6.02. The first-order valence-electron chi connectivity index (χ1n) is 9.28. The molecule has 0 saturated heterocycles. The van der Waals surface area contributed by atoms with Crippen LogP contribution in [0.3, 0.4) is 0 Å². The van der Waals surface area contributed by atoms with Crippen LogP contribution >= 0.6 is 0 Å². The molecule has 3 aliphatic heterocycles. The van der Waals surface area contributed by atoms with Crippen LogP contribution in [-0.2, 0) is 0 Å². The Labute approximate surface area is 162 Å². The van der Waals surface area contributed by atoms with Gasteiger partial charge >= 0.3 is 0 Å². The van der Waals surface area contributed by atoms with Crippen molar-refractivity contribution in [3.63, 3.8) is 0 Å². The quantitative estimate of drug-likeness (QED) is 0.680. The Hall–Kier alpha value is -3.54. The molecule has 0 spiro atoms. The van der Waals surface area contributed by atoms with Crippen molar-refractivity contribution in [1.82, 2.24) is 9.99 Å². The zero-order valence-electron chi connectivity index (χ0n) is 15.0. The lowest BCUT2D eigenvalue weighted by Crippen LogP contribution is -2.33. The van der Waals surface area contributed by atoms with E-state index in [9.17, 15) is 0 Å². The van der Waals surface area contributed by atoms with Gasteiger partial charge in [0.2, 0.25) is 13.0 Å². The summed E-state index contributed by atoms with van der Waals surface area (Å²) in [7, 11) is 0. The number of hydrazone groups is 1. The summed E-state index contributed by atoms with van der Waals surface area (Å²) in [6, 6.07) is 18.3. The fourth-order valence-corrected chi connectivity index (χ4v) is 4.03. The van der Waals surface area contributed by atoms with Gasteiger partial charge < -0.3 is 14.2 Å². The van der Waals surface area contributed by atoms with Crippen molar-refractivity contribution in [2.45, 2.75) is 18.7 Å². The van der Waals surface area contributed by atoms with Crippen LogP contribution in [0.5, 0.6) is 17.2 Å². The third-order valence-corrected chi connectivity index (χ3v) is 5.40. The minimum atomic E-state index is -0.283. The Kier molecular flexibility index (Phi) is 3.32. The maximum atomic E-state index is 6.34. The number of nitrogens with zero attached hydrogens (tertiary/aromatic N) is 3. The van der Waals surface area contributed by atoms with Crippen LogP contribution in [0.25, 0.3) is 0 Å². The highest BCUT2D eigenvalue weighted by Gasteiger charge is 2.41. The second kappa shape index (κ2) is 5.99. The maximum absolute atomic E-state index is 6.34. The monoisotopic (exact) mass is 371 g/mol. The van der Waals surface area contributed by atoms with Gasteiger partial charge in [0.25, 0.3) is 0 Å². The topological polar surface area (TPSA) is 56.2 Å². The van der Waals surface area contributed by atoms with E-state index in [1.54, 1.807) is 12.4 Å². The van der Waals surface area contributed by atoms with E-state index >= 15 is 0 Å². The molecule has 0 N–H and O–H groups in total.